The third-order valence-corrected chi connectivity index (χ3v) is 9.98. The van der Waals surface area contributed by atoms with Gasteiger partial charge < -0.3 is 9.32 Å². The summed E-state index contributed by atoms with van der Waals surface area (Å²) in [6, 6.07) is 67.7. The maximum absolute atomic E-state index is 6.26. The Morgan fingerprint density at radius 1 is 0.280 bits per heavy atom. The highest BCUT2D eigenvalue weighted by Gasteiger charge is 2.17. The molecule has 0 aliphatic carbocycles. The van der Waals surface area contributed by atoms with Crippen molar-refractivity contribution in [3.63, 3.8) is 0 Å². The van der Waals surface area contributed by atoms with Gasteiger partial charge in [0.05, 0.1) is 0 Å². The highest BCUT2D eigenvalue weighted by atomic mass is 16.3. The third kappa shape index (κ3) is 4.81. The van der Waals surface area contributed by atoms with Gasteiger partial charge in [0.2, 0.25) is 0 Å². The first-order valence-electron chi connectivity index (χ1n) is 17.1. The van der Waals surface area contributed by atoms with E-state index in [9.17, 15) is 0 Å². The topological polar surface area (TPSA) is 16.4 Å². The molecule has 1 heterocycles. The van der Waals surface area contributed by atoms with E-state index in [2.05, 4.69) is 181 Å². The fraction of sp³-hybridized carbons (Fsp3) is 0. The Morgan fingerprint density at radius 2 is 0.880 bits per heavy atom. The minimum Gasteiger partial charge on any atom is -0.456 e. The van der Waals surface area contributed by atoms with Crippen molar-refractivity contribution in [2.24, 2.45) is 0 Å². The van der Waals surface area contributed by atoms with Gasteiger partial charge in [-0.15, -0.1) is 0 Å². The molecule has 234 valence electrons. The van der Waals surface area contributed by atoms with Crippen LogP contribution in [0.5, 0.6) is 0 Å². The van der Waals surface area contributed by atoms with Crippen LogP contribution in [0.15, 0.2) is 192 Å². The van der Waals surface area contributed by atoms with E-state index in [0.717, 1.165) is 44.4 Å². The van der Waals surface area contributed by atoms with Crippen molar-refractivity contribution in [2.75, 3.05) is 4.90 Å². The Morgan fingerprint density at radius 3 is 1.72 bits per heavy atom. The highest BCUT2D eigenvalue weighted by Crippen LogP contribution is 2.41. The summed E-state index contributed by atoms with van der Waals surface area (Å²) in [6.45, 7) is 0. The molecule has 9 aromatic carbocycles. The number of hydrogen-bond acceptors (Lipinski definition) is 2. The molecule has 0 aliphatic heterocycles. The summed E-state index contributed by atoms with van der Waals surface area (Å²) in [5, 5.41) is 9.56. The molecule has 0 amide bonds. The lowest BCUT2D eigenvalue weighted by Gasteiger charge is -2.27. The SMILES string of the molecule is c1ccc(-c2cccc(N(c3cccc(-c4ccc5ccccc5c4)c3)c3ccc4ccc5cc6oc7ccccc7c6cc5c4c3)c2)cc1. The Balaban J connectivity index is 1.18. The number of fused-ring (bicyclic) bond motifs is 7. The number of furan rings is 1. The molecule has 0 N–H and O–H groups in total. The van der Waals surface area contributed by atoms with Crippen LogP contribution in [0.1, 0.15) is 0 Å². The van der Waals surface area contributed by atoms with E-state index in [0.29, 0.717) is 0 Å². The van der Waals surface area contributed by atoms with Gasteiger partial charge >= 0.3 is 0 Å². The predicted octanol–water partition coefficient (Wildman–Crippen LogP) is 13.8. The fourth-order valence-corrected chi connectivity index (χ4v) is 7.50. The lowest BCUT2D eigenvalue weighted by molar-refractivity contribution is 0.669. The molecule has 10 rings (SSSR count). The largest absolute Gasteiger partial charge is 0.456 e. The highest BCUT2D eigenvalue weighted by molar-refractivity contribution is 6.17. The van der Waals surface area contributed by atoms with Gasteiger partial charge in [-0.25, -0.2) is 0 Å². The molecule has 2 nitrogen and oxygen atoms in total. The maximum atomic E-state index is 6.26. The van der Waals surface area contributed by atoms with Crippen LogP contribution in [-0.4, -0.2) is 0 Å². The summed E-state index contributed by atoms with van der Waals surface area (Å²) >= 11 is 0. The minimum absolute atomic E-state index is 0.915. The normalized spacial score (nSPS) is 11.6. The van der Waals surface area contributed by atoms with Crippen LogP contribution in [-0.2, 0) is 0 Å². The Hall–Kier alpha value is -6.64. The molecular formula is C48H31NO. The molecule has 1 aromatic heterocycles. The summed E-state index contributed by atoms with van der Waals surface area (Å²) in [4.78, 5) is 2.39. The van der Waals surface area contributed by atoms with Crippen molar-refractivity contribution in [3.8, 4) is 22.3 Å². The second-order valence-electron chi connectivity index (χ2n) is 13.0. The van der Waals surface area contributed by atoms with Gasteiger partial charge in [0.25, 0.3) is 0 Å². The first kappa shape index (κ1) is 28.4. The maximum Gasteiger partial charge on any atom is 0.136 e. The number of benzene rings is 9. The molecule has 0 radical (unpaired) electrons. The Labute approximate surface area is 290 Å². The smallest absolute Gasteiger partial charge is 0.136 e. The number of nitrogens with zero attached hydrogens (tertiary/aromatic N) is 1. The lowest BCUT2D eigenvalue weighted by atomic mass is 9.98. The van der Waals surface area contributed by atoms with Crippen molar-refractivity contribution < 1.29 is 4.42 Å². The zero-order valence-corrected chi connectivity index (χ0v) is 27.3. The van der Waals surface area contributed by atoms with Crippen LogP contribution in [0, 0.1) is 0 Å². The quantitative estimate of drug-likeness (QED) is 0.175. The summed E-state index contributed by atoms with van der Waals surface area (Å²) in [7, 11) is 0. The number of rotatable bonds is 5. The third-order valence-electron chi connectivity index (χ3n) is 9.98. The van der Waals surface area contributed by atoms with Crippen molar-refractivity contribution in [1.29, 1.82) is 0 Å². The van der Waals surface area contributed by atoms with Gasteiger partial charge in [-0.1, -0.05) is 127 Å². The summed E-state index contributed by atoms with van der Waals surface area (Å²) < 4.78 is 6.26. The van der Waals surface area contributed by atoms with E-state index in [1.54, 1.807) is 0 Å². The monoisotopic (exact) mass is 637 g/mol. The molecule has 50 heavy (non-hydrogen) atoms. The van der Waals surface area contributed by atoms with Crippen LogP contribution in [0.4, 0.5) is 17.1 Å². The molecular weight excluding hydrogens is 607 g/mol. The average molecular weight is 638 g/mol. The van der Waals surface area contributed by atoms with E-state index < -0.39 is 0 Å². The molecule has 0 saturated heterocycles. The molecule has 0 atom stereocenters. The van der Waals surface area contributed by atoms with E-state index in [4.69, 9.17) is 4.42 Å². The van der Waals surface area contributed by atoms with Crippen molar-refractivity contribution in [3.05, 3.63) is 188 Å². The molecule has 10 aromatic rings. The van der Waals surface area contributed by atoms with Crippen LogP contribution in [0.3, 0.4) is 0 Å². The van der Waals surface area contributed by atoms with E-state index >= 15 is 0 Å². The first-order chi connectivity index (χ1) is 24.7. The molecule has 0 fully saturated rings. The Kier molecular flexibility index (Phi) is 6.53. The zero-order valence-electron chi connectivity index (χ0n) is 27.3. The van der Waals surface area contributed by atoms with Crippen molar-refractivity contribution in [1.82, 2.24) is 0 Å². The molecule has 2 heteroatoms. The van der Waals surface area contributed by atoms with Crippen molar-refractivity contribution in [2.45, 2.75) is 0 Å². The van der Waals surface area contributed by atoms with Gasteiger partial charge in [-0.3, -0.25) is 0 Å². The molecule has 0 aliphatic rings. The van der Waals surface area contributed by atoms with Crippen molar-refractivity contribution >= 4 is 71.3 Å². The van der Waals surface area contributed by atoms with Crippen LogP contribution in [0.2, 0.25) is 0 Å². The summed E-state index contributed by atoms with van der Waals surface area (Å²) in [6.07, 6.45) is 0. The van der Waals surface area contributed by atoms with Gasteiger partial charge in [0.15, 0.2) is 0 Å². The first-order valence-corrected chi connectivity index (χ1v) is 17.1. The van der Waals surface area contributed by atoms with Gasteiger partial charge in [0, 0.05) is 27.8 Å². The van der Waals surface area contributed by atoms with Gasteiger partial charge in [-0.05, 0) is 115 Å². The second-order valence-corrected chi connectivity index (χ2v) is 13.0. The molecule has 0 saturated carbocycles. The molecule has 0 bridgehead atoms. The number of hydrogen-bond donors (Lipinski definition) is 0. The minimum atomic E-state index is 0.915. The zero-order chi connectivity index (χ0) is 33.0. The molecule has 0 unspecified atom stereocenters. The second kappa shape index (κ2) is 11.5. The summed E-state index contributed by atoms with van der Waals surface area (Å²) in [5.74, 6) is 0. The summed E-state index contributed by atoms with van der Waals surface area (Å²) in [5.41, 5.74) is 9.89. The molecule has 0 spiro atoms. The predicted molar refractivity (Wildman–Crippen MR) is 212 cm³/mol. The van der Waals surface area contributed by atoms with E-state index in [-0.39, 0.29) is 0 Å². The lowest BCUT2D eigenvalue weighted by Crippen LogP contribution is -2.10. The van der Waals surface area contributed by atoms with Crippen LogP contribution in [0.25, 0.3) is 76.5 Å². The standard InChI is InChI=1S/C48H31NO/c1-2-10-32(11-3-1)36-14-8-16-40(27-36)49(41-17-9-15-37(28-41)38-22-20-33-12-4-5-13-35(33)26-38)42-25-24-34-21-23-39-29-48-46(31-45(39)44(34)30-42)43-18-6-7-19-47(43)50-48/h1-31H. The number of anilines is 3. The van der Waals surface area contributed by atoms with Gasteiger partial charge in [-0.2, -0.15) is 0 Å². The average Bonchev–Trinajstić information content (AvgIpc) is 3.55. The number of para-hydroxylation sites is 1. The van der Waals surface area contributed by atoms with Crippen LogP contribution >= 0.6 is 0 Å². The van der Waals surface area contributed by atoms with Crippen LogP contribution < -0.4 is 4.90 Å². The van der Waals surface area contributed by atoms with E-state index in [1.165, 1.54) is 49.2 Å². The van der Waals surface area contributed by atoms with E-state index in [1.807, 2.05) is 12.1 Å². The fourth-order valence-electron chi connectivity index (χ4n) is 7.50. The Bertz CT molecular complexity index is 2880. The van der Waals surface area contributed by atoms with Gasteiger partial charge in [0.1, 0.15) is 11.2 Å².